The second-order valence-corrected chi connectivity index (χ2v) is 4.09. The lowest BCUT2D eigenvalue weighted by Gasteiger charge is -2.01. The number of esters is 1. The van der Waals surface area contributed by atoms with Crippen molar-refractivity contribution in [3.05, 3.63) is 22.9 Å². The van der Waals surface area contributed by atoms with Crippen molar-refractivity contribution in [2.45, 2.75) is 38.3 Å². The first-order valence-electron chi connectivity index (χ1n) is 5.56. The summed E-state index contributed by atoms with van der Waals surface area (Å²) in [5.74, 6) is -0.227. The van der Waals surface area contributed by atoms with Crippen molar-refractivity contribution in [2.75, 3.05) is 7.11 Å². The van der Waals surface area contributed by atoms with E-state index in [1.54, 1.807) is 15.3 Å². The fourth-order valence-electron chi connectivity index (χ4n) is 1.72. The van der Waals surface area contributed by atoms with Crippen LogP contribution in [-0.4, -0.2) is 22.2 Å². The van der Waals surface area contributed by atoms with Crippen LogP contribution in [-0.2, 0) is 16.1 Å². The molecule has 16 heavy (non-hydrogen) atoms. The Morgan fingerprint density at radius 1 is 1.50 bits per heavy atom. The summed E-state index contributed by atoms with van der Waals surface area (Å²) >= 11 is 0. The summed E-state index contributed by atoms with van der Waals surface area (Å²) in [6.07, 6.45) is 6.83. The number of imidazole rings is 1. The van der Waals surface area contributed by atoms with Crippen molar-refractivity contribution in [3.8, 4) is 0 Å². The van der Waals surface area contributed by atoms with E-state index in [4.69, 9.17) is 0 Å². The molecular weight excluding hydrogens is 208 g/mol. The van der Waals surface area contributed by atoms with Gasteiger partial charge in [-0.1, -0.05) is 0 Å². The first-order valence-corrected chi connectivity index (χ1v) is 5.56. The SMILES string of the molecule is COC(=O)CCCn1ccn(C2CC2)c1=O. The number of methoxy groups -OCH3 is 1. The average Bonchev–Trinajstić information content (AvgIpc) is 3.05. The minimum absolute atomic E-state index is 0.0346. The zero-order valence-corrected chi connectivity index (χ0v) is 9.39. The van der Waals surface area contributed by atoms with E-state index in [1.165, 1.54) is 7.11 Å². The van der Waals surface area contributed by atoms with Crippen LogP contribution in [0.4, 0.5) is 0 Å². The highest BCUT2D eigenvalue weighted by molar-refractivity contribution is 5.68. The lowest BCUT2D eigenvalue weighted by atomic mass is 10.3. The average molecular weight is 224 g/mol. The van der Waals surface area contributed by atoms with Gasteiger partial charge in [-0.25, -0.2) is 4.79 Å². The zero-order valence-electron chi connectivity index (χ0n) is 9.39. The lowest BCUT2D eigenvalue weighted by molar-refractivity contribution is -0.140. The van der Waals surface area contributed by atoms with Gasteiger partial charge in [0.15, 0.2) is 0 Å². The molecule has 5 heteroatoms. The molecule has 5 nitrogen and oxygen atoms in total. The standard InChI is InChI=1S/C11H16N2O3/c1-16-10(14)3-2-6-12-7-8-13(11(12)15)9-4-5-9/h7-9H,2-6H2,1H3. The summed E-state index contributed by atoms with van der Waals surface area (Å²) < 4.78 is 7.97. The van der Waals surface area contributed by atoms with Gasteiger partial charge in [0.2, 0.25) is 0 Å². The van der Waals surface area contributed by atoms with Crippen molar-refractivity contribution < 1.29 is 9.53 Å². The van der Waals surface area contributed by atoms with Crippen LogP contribution < -0.4 is 5.69 Å². The number of hydrogen-bond donors (Lipinski definition) is 0. The first kappa shape index (κ1) is 11.0. The van der Waals surface area contributed by atoms with Gasteiger partial charge < -0.3 is 4.74 Å². The fourth-order valence-corrected chi connectivity index (χ4v) is 1.72. The number of nitrogens with zero attached hydrogens (tertiary/aromatic N) is 2. The van der Waals surface area contributed by atoms with Crippen molar-refractivity contribution in [2.24, 2.45) is 0 Å². The quantitative estimate of drug-likeness (QED) is 0.699. The predicted octanol–water partition coefficient (Wildman–Crippen LogP) is 0.938. The van der Waals surface area contributed by atoms with Crippen molar-refractivity contribution >= 4 is 5.97 Å². The Morgan fingerprint density at radius 3 is 2.88 bits per heavy atom. The highest BCUT2D eigenvalue weighted by atomic mass is 16.5. The summed E-state index contributed by atoms with van der Waals surface area (Å²) in [7, 11) is 1.37. The molecule has 1 fully saturated rings. The van der Waals surface area contributed by atoms with Crippen LogP contribution in [0.5, 0.6) is 0 Å². The van der Waals surface area contributed by atoms with E-state index >= 15 is 0 Å². The summed E-state index contributed by atoms with van der Waals surface area (Å²) in [6.45, 7) is 0.577. The third-order valence-corrected chi connectivity index (χ3v) is 2.82. The molecule has 0 aromatic carbocycles. The molecule has 0 aliphatic heterocycles. The molecular formula is C11H16N2O3. The molecule has 1 saturated carbocycles. The van der Waals surface area contributed by atoms with Gasteiger partial charge in [0.1, 0.15) is 0 Å². The maximum absolute atomic E-state index is 11.8. The number of carbonyl (C=O) groups excluding carboxylic acids is 1. The topological polar surface area (TPSA) is 53.2 Å². The molecule has 1 aliphatic rings. The summed E-state index contributed by atoms with van der Waals surface area (Å²) in [5.41, 5.74) is 0.0346. The Labute approximate surface area is 93.6 Å². The van der Waals surface area contributed by atoms with Crippen LogP contribution in [0.25, 0.3) is 0 Å². The molecule has 1 aromatic heterocycles. The highest BCUT2D eigenvalue weighted by Gasteiger charge is 2.25. The van der Waals surface area contributed by atoms with E-state index in [0.29, 0.717) is 25.4 Å². The number of rotatable bonds is 5. The van der Waals surface area contributed by atoms with E-state index in [1.807, 2.05) is 6.20 Å². The van der Waals surface area contributed by atoms with Crippen LogP contribution in [0.3, 0.4) is 0 Å². The minimum atomic E-state index is -0.227. The molecule has 0 radical (unpaired) electrons. The number of aryl methyl sites for hydroxylation is 1. The van der Waals surface area contributed by atoms with E-state index in [9.17, 15) is 9.59 Å². The third kappa shape index (κ3) is 2.35. The third-order valence-electron chi connectivity index (χ3n) is 2.82. The Bertz CT molecular complexity index is 429. The molecule has 0 unspecified atom stereocenters. The van der Waals surface area contributed by atoms with Crippen LogP contribution in [0.1, 0.15) is 31.7 Å². The molecule has 0 atom stereocenters. The van der Waals surface area contributed by atoms with Gasteiger partial charge in [-0.3, -0.25) is 13.9 Å². The van der Waals surface area contributed by atoms with Gasteiger partial charge in [-0.2, -0.15) is 0 Å². The number of ether oxygens (including phenoxy) is 1. The Morgan fingerprint density at radius 2 is 2.25 bits per heavy atom. The van der Waals surface area contributed by atoms with Gasteiger partial charge in [0.25, 0.3) is 0 Å². The Kier molecular flexibility index (Phi) is 3.12. The number of carbonyl (C=O) groups is 1. The molecule has 1 heterocycles. The first-order chi connectivity index (χ1) is 7.72. The van der Waals surface area contributed by atoms with E-state index < -0.39 is 0 Å². The minimum Gasteiger partial charge on any atom is -0.469 e. The number of aromatic nitrogens is 2. The predicted molar refractivity (Wildman–Crippen MR) is 58.2 cm³/mol. The van der Waals surface area contributed by atoms with Gasteiger partial charge in [0, 0.05) is 31.4 Å². The Balaban J connectivity index is 1.89. The largest absolute Gasteiger partial charge is 0.469 e. The van der Waals surface area contributed by atoms with Gasteiger partial charge in [-0.05, 0) is 19.3 Å². The monoisotopic (exact) mass is 224 g/mol. The summed E-state index contributed by atoms with van der Waals surface area (Å²) in [6, 6.07) is 0.411. The second kappa shape index (κ2) is 4.55. The molecule has 1 aromatic rings. The summed E-state index contributed by atoms with van der Waals surface area (Å²) in [4.78, 5) is 22.7. The van der Waals surface area contributed by atoms with Crippen molar-refractivity contribution in [3.63, 3.8) is 0 Å². The molecule has 0 spiro atoms. The maximum atomic E-state index is 11.8. The van der Waals surface area contributed by atoms with E-state index in [-0.39, 0.29) is 11.7 Å². The van der Waals surface area contributed by atoms with E-state index in [0.717, 1.165) is 12.8 Å². The van der Waals surface area contributed by atoms with Crippen molar-refractivity contribution in [1.29, 1.82) is 0 Å². The molecule has 0 saturated heterocycles. The molecule has 0 N–H and O–H groups in total. The van der Waals surface area contributed by atoms with Gasteiger partial charge >= 0.3 is 11.7 Å². The smallest absolute Gasteiger partial charge is 0.328 e. The molecule has 88 valence electrons. The van der Waals surface area contributed by atoms with Crippen LogP contribution in [0.2, 0.25) is 0 Å². The molecule has 1 aliphatic carbocycles. The van der Waals surface area contributed by atoms with Crippen LogP contribution in [0, 0.1) is 0 Å². The second-order valence-electron chi connectivity index (χ2n) is 4.09. The Hall–Kier alpha value is -1.52. The maximum Gasteiger partial charge on any atom is 0.328 e. The van der Waals surface area contributed by atoms with Gasteiger partial charge in [-0.15, -0.1) is 0 Å². The zero-order chi connectivity index (χ0) is 11.5. The van der Waals surface area contributed by atoms with Gasteiger partial charge in [0.05, 0.1) is 7.11 Å². The molecule has 0 amide bonds. The lowest BCUT2D eigenvalue weighted by Crippen LogP contribution is -2.23. The molecule has 0 bridgehead atoms. The van der Waals surface area contributed by atoms with Crippen LogP contribution in [0.15, 0.2) is 17.2 Å². The molecule has 2 rings (SSSR count). The van der Waals surface area contributed by atoms with Crippen LogP contribution >= 0.6 is 0 Å². The van der Waals surface area contributed by atoms with E-state index in [2.05, 4.69) is 4.74 Å². The number of hydrogen-bond acceptors (Lipinski definition) is 3. The highest BCUT2D eigenvalue weighted by Crippen LogP contribution is 2.33. The summed E-state index contributed by atoms with van der Waals surface area (Å²) in [5, 5.41) is 0. The normalized spacial score (nSPS) is 15.1. The van der Waals surface area contributed by atoms with Crippen molar-refractivity contribution in [1.82, 2.24) is 9.13 Å². The fraction of sp³-hybridized carbons (Fsp3) is 0.636.